The number of halogens is 4. The smallest absolute Gasteiger partial charge is 0.375 e. The molecular weight excluding hydrogens is 331 g/mol. The molecule has 0 aliphatic rings. The third-order valence-corrected chi connectivity index (χ3v) is 5.04. The van der Waals surface area contributed by atoms with Gasteiger partial charge < -0.3 is 4.74 Å². The molecule has 9 heteroatoms. The second-order valence-corrected chi connectivity index (χ2v) is 6.82. The van der Waals surface area contributed by atoms with Crippen molar-refractivity contribution in [2.75, 3.05) is 13.7 Å². The number of sulfonamides is 1. The molecule has 4 nitrogen and oxygen atoms in total. The lowest BCUT2D eigenvalue weighted by atomic mass is 10.1. The molecule has 0 fully saturated rings. The SMILES string of the molecule is CO[C@@H](CNS(=O)(=O)[C@H](C)C(F)(F)F)c1ccccc1Cl. The fraction of sp³-hybridized carbons (Fsp3) is 0.500. The monoisotopic (exact) mass is 345 g/mol. The highest BCUT2D eigenvalue weighted by Gasteiger charge is 2.45. The number of hydrogen-bond acceptors (Lipinski definition) is 3. The molecule has 0 amide bonds. The third-order valence-electron chi connectivity index (χ3n) is 2.93. The van der Waals surface area contributed by atoms with Crippen LogP contribution in [0, 0.1) is 0 Å². The summed E-state index contributed by atoms with van der Waals surface area (Å²) in [5, 5.41) is -2.17. The second-order valence-electron chi connectivity index (χ2n) is 4.32. The molecule has 1 rings (SSSR count). The third kappa shape index (κ3) is 4.84. The standard InChI is InChI=1S/C12H15ClF3NO3S/c1-8(12(14,15)16)21(18,19)17-7-11(20-2)9-5-3-4-6-10(9)13/h3-6,8,11,17H,7H2,1-2H3/t8-,11+/m1/s1. The van der Waals surface area contributed by atoms with Gasteiger partial charge in [0.05, 0.1) is 6.10 Å². The van der Waals surface area contributed by atoms with Crippen molar-refractivity contribution in [3.05, 3.63) is 34.9 Å². The Morgan fingerprint density at radius 1 is 1.33 bits per heavy atom. The minimum absolute atomic E-state index is 0.340. The summed E-state index contributed by atoms with van der Waals surface area (Å²) in [6.45, 7) is 0.239. The Labute approximate surface area is 126 Å². The number of hydrogen-bond donors (Lipinski definition) is 1. The lowest BCUT2D eigenvalue weighted by Crippen LogP contribution is -2.43. The molecular formula is C12H15ClF3NO3S. The van der Waals surface area contributed by atoms with E-state index in [2.05, 4.69) is 0 Å². The van der Waals surface area contributed by atoms with Crippen molar-refractivity contribution < 1.29 is 26.3 Å². The normalized spacial score (nSPS) is 15.7. The van der Waals surface area contributed by atoms with Gasteiger partial charge in [-0.25, -0.2) is 13.1 Å². The van der Waals surface area contributed by atoms with Crippen LogP contribution < -0.4 is 4.72 Å². The van der Waals surface area contributed by atoms with Crippen LogP contribution in [0.5, 0.6) is 0 Å². The van der Waals surface area contributed by atoms with Crippen molar-refractivity contribution in [1.29, 1.82) is 0 Å². The van der Waals surface area contributed by atoms with Crippen LogP contribution in [0.25, 0.3) is 0 Å². The van der Waals surface area contributed by atoms with Crippen LogP contribution in [0.1, 0.15) is 18.6 Å². The van der Waals surface area contributed by atoms with Gasteiger partial charge >= 0.3 is 6.18 Å². The zero-order valence-corrected chi connectivity index (χ0v) is 12.9. The van der Waals surface area contributed by atoms with Crippen molar-refractivity contribution >= 4 is 21.6 Å². The van der Waals surface area contributed by atoms with Crippen molar-refractivity contribution in [1.82, 2.24) is 4.72 Å². The Kier molecular flexibility index (Phi) is 6.03. The molecule has 0 aliphatic heterocycles. The van der Waals surface area contributed by atoms with E-state index < -0.39 is 27.6 Å². The number of methoxy groups -OCH3 is 1. The van der Waals surface area contributed by atoms with Gasteiger partial charge in [0.2, 0.25) is 10.0 Å². The summed E-state index contributed by atoms with van der Waals surface area (Å²) in [5.41, 5.74) is 0.490. The van der Waals surface area contributed by atoms with Crippen LogP contribution in [-0.4, -0.2) is 33.5 Å². The van der Waals surface area contributed by atoms with E-state index in [0.717, 1.165) is 0 Å². The molecule has 0 aromatic heterocycles. The van der Waals surface area contributed by atoms with Gasteiger partial charge in [-0.1, -0.05) is 29.8 Å². The van der Waals surface area contributed by atoms with Gasteiger partial charge in [0.1, 0.15) is 0 Å². The fourth-order valence-corrected chi connectivity index (χ4v) is 2.79. The summed E-state index contributed by atoms with van der Waals surface area (Å²) in [6.07, 6.45) is -5.62. The molecule has 0 saturated carbocycles. The Bertz CT molecular complexity index is 577. The van der Waals surface area contributed by atoms with Crippen LogP contribution in [0.4, 0.5) is 13.2 Å². The van der Waals surface area contributed by atoms with Crippen LogP contribution >= 0.6 is 11.6 Å². The van der Waals surface area contributed by atoms with E-state index in [1.807, 2.05) is 4.72 Å². The van der Waals surface area contributed by atoms with Gasteiger partial charge in [0.15, 0.2) is 5.25 Å². The van der Waals surface area contributed by atoms with Crippen molar-refractivity contribution in [3.63, 3.8) is 0 Å². The van der Waals surface area contributed by atoms with Crippen LogP contribution in [0.3, 0.4) is 0 Å². The molecule has 0 aliphatic carbocycles. The first-order valence-corrected chi connectivity index (χ1v) is 7.84. The predicted octanol–water partition coefficient (Wildman–Crippen LogP) is 2.90. The molecule has 0 bridgehead atoms. The summed E-state index contributed by atoms with van der Waals surface area (Å²) in [4.78, 5) is 0. The summed E-state index contributed by atoms with van der Waals surface area (Å²) < 4.78 is 67.6. The van der Waals surface area contributed by atoms with Gasteiger partial charge in [0.25, 0.3) is 0 Å². The molecule has 0 radical (unpaired) electrons. The van der Waals surface area contributed by atoms with Gasteiger partial charge in [-0.15, -0.1) is 0 Å². The van der Waals surface area contributed by atoms with E-state index in [9.17, 15) is 21.6 Å². The molecule has 0 unspecified atom stereocenters. The van der Waals surface area contributed by atoms with E-state index in [4.69, 9.17) is 16.3 Å². The molecule has 2 atom stereocenters. The average Bonchev–Trinajstić information content (AvgIpc) is 2.39. The summed E-state index contributed by atoms with van der Waals surface area (Å²) >= 11 is 5.95. The number of alkyl halides is 3. The number of nitrogens with one attached hydrogen (secondary N) is 1. The van der Waals surface area contributed by atoms with Crippen LogP contribution in [0.15, 0.2) is 24.3 Å². The van der Waals surface area contributed by atoms with Crippen LogP contribution in [-0.2, 0) is 14.8 Å². The molecule has 0 spiro atoms. The largest absolute Gasteiger partial charge is 0.406 e. The predicted molar refractivity (Wildman–Crippen MR) is 73.6 cm³/mol. The maximum absolute atomic E-state index is 12.5. The van der Waals surface area contributed by atoms with Gasteiger partial charge in [-0.3, -0.25) is 0 Å². The first kappa shape index (κ1) is 18.2. The first-order chi connectivity index (χ1) is 9.59. The van der Waals surface area contributed by atoms with Gasteiger partial charge in [-0.05, 0) is 13.0 Å². The molecule has 1 aromatic carbocycles. The Morgan fingerprint density at radius 3 is 2.38 bits per heavy atom. The first-order valence-electron chi connectivity index (χ1n) is 5.92. The summed E-state index contributed by atoms with van der Waals surface area (Å²) in [7, 11) is -3.23. The zero-order valence-electron chi connectivity index (χ0n) is 11.3. The van der Waals surface area contributed by atoms with E-state index >= 15 is 0 Å². The number of benzene rings is 1. The quantitative estimate of drug-likeness (QED) is 0.862. The van der Waals surface area contributed by atoms with E-state index in [-0.39, 0.29) is 6.54 Å². The Hall–Kier alpha value is -0.830. The minimum atomic E-state index is -4.83. The topological polar surface area (TPSA) is 55.4 Å². The molecule has 1 aromatic rings. The van der Waals surface area contributed by atoms with E-state index in [0.29, 0.717) is 17.5 Å². The molecule has 0 saturated heterocycles. The average molecular weight is 346 g/mol. The van der Waals surface area contributed by atoms with Crippen molar-refractivity contribution in [2.45, 2.75) is 24.5 Å². The lowest BCUT2D eigenvalue weighted by molar-refractivity contribution is -0.127. The number of ether oxygens (including phenoxy) is 1. The molecule has 1 N–H and O–H groups in total. The van der Waals surface area contributed by atoms with Crippen molar-refractivity contribution in [2.24, 2.45) is 0 Å². The highest BCUT2D eigenvalue weighted by atomic mass is 35.5. The molecule has 0 heterocycles. The summed E-state index contributed by atoms with van der Waals surface area (Å²) in [5.74, 6) is 0. The van der Waals surface area contributed by atoms with Crippen LogP contribution in [0.2, 0.25) is 5.02 Å². The minimum Gasteiger partial charge on any atom is -0.375 e. The van der Waals surface area contributed by atoms with Gasteiger partial charge in [-0.2, -0.15) is 13.2 Å². The highest BCUT2D eigenvalue weighted by molar-refractivity contribution is 7.90. The molecule has 120 valence electrons. The summed E-state index contributed by atoms with van der Waals surface area (Å²) in [6, 6.07) is 6.53. The van der Waals surface area contributed by atoms with Gasteiger partial charge in [0, 0.05) is 24.2 Å². The highest BCUT2D eigenvalue weighted by Crippen LogP contribution is 2.27. The molecule has 21 heavy (non-hydrogen) atoms. The lowest BCUT2D eigenvalue weighted by Gasteiger charge is -2.21. The van der Waals surface area contributed by atoms with E-state index in [1.54, 1.807) is 24.3 Å². The number of rotatable bonds is 6. The van der Waals surface area contributed by atoms with E-state index in [1.165, 1.54) is 7.11 Å². The maximum atomic E-state index is 12.5. The zero-order chi connectivity index (χ0) is 16.3. The fourth-order valence-electron chi connectivity index (χ4n) is 1.55. The second kappa shape index (κ2) is 6.95. The van der Waals surface area contributed by atoms with Crippen molar-refractivity contribution in [3.8, 4) is 0 Å². The maximum Gasteiger partial charge on any atom is 0.406 e. The Morgan fingerprint density at radius 2 is 1.90 bits per heavy atom. The Balaban J connectivity index is 2.84.